The van der Waals surface area contributed by atoms with Gasteiger partial charge in [-0.1, -0.05) is 30.9 Å². The van der Waals surface area contributed by atoms with E-state index in [-0.39, 0.29) is 5.91 Å². The van der Waals surface area contributed by atoms with Crippen molar-refractivity contribution in [2.24, 2.45) is 0 Å². The topological polar surface area (TPSA) is 78.8 Å². The third-order valence-electron chi connectivity index (χ3n) is 6.33. The highest BCUT2D eigenvalue weighted by Gasteiger charge is 2.26. The van der Waals surface area contributed by atoms with Crippen LogP contribution in [0, 0.1) is 6.92 Å². The largest absolute Gasteiger partial charge is 0.345 e. The van der Waals surface area contributed by atoms with E-state index in [2.05, 4.69) is 31.2 Å². The summed E-state index contributed by atoms with van der Waals surface area (Å²) in [6.07, 6.45) is 6.76. The van der Waals surface area contributed by atoms with E-state index in [4.69, 9.17) is 5.10 Å². The Labute approximate surface area is 170 Å². The van der Waals surface area contributed by atoms with Crippen LogP contribution < -0.4 is 5.32 Å². The molecule has 1 aliphatic carbocycles. The summed E-state index contributed by atoms with van der Waals surface area (Å²) in [5.74, 6) is -0.170. The van der Waals surface area contributed by atoms with Crippen molar-refractivity contribution in [1.82, 2.24) is 30.2 Å². The molecule has 5 rings (SSSR count). The Balaban J connectivity index is 1.24. The van der Waals surface area contributed by atoms with Crippen molar-refractivity contribution < 1.29 is 4.79 Å². The fraction of sp³-hybridized carbons (Fsp3) is 0.500. The van der Waals surface area contributed by atoms with Crippen molar-refractivity contribution in [3.63, 3.8) is 0 Å². The second kappa shape index (κ2) is 7.63. The summed E-state index contributed by atoms with van der Waals surface area (Å²) >= 11 is 0. The molecule has 3 aromatic rings. The molecule has 1 fully saturated rings. The molecule has 1 amide bonds. The van der Waals surface area contributed by atoms with Crippen LogP contribution >= 0.6 is 0 Å². The van der Waals surface area contributed by atoms with Crippen LogP contribution in [0.2, 0.25) is 0 Å². The van der Waals surface area contributed by atoms with Crippen LogP contribution in [0.4, 0.5) is 0 Å². The molecule has 2 N–H and O–H groups in total. The van der Waals surface area contributed by atoms with Gasteiger partial charge in [-0.15, -0.1) is 0 Å². The zero-order valence-corrected chi connectivity index (χ0v) is 16.9. The summed E-state index contributed by atoms with van der Waals surface area (Å²) in [5, 5.41) is 15.7. The smallest absolute Gasteiger partial charge is 0.272 e. The maximum atomic E-state index is 12.7. The predicted molar refractivity (Wildman–Crippen MR) is 112 cm³/mol. The summed E-state index contributed by atoms with van der Waals surface area (Å²) in [6.45, 7) is 5.41. The molecule has 0 unspecified atom stereocenters. The number of hydrogen-bond donors (Lipinski definition) is 2. The van der Waals surface area contributed by atoms with E-state index in [9.17, 15) is 4.79 Å². The first-order valence-electron chi connectivity index (χ1n) is 10.7. The molecule has 7 nitrogen and oxygen atoms in total. The Morgan fingerprint density at radius 3 is 2.93 bits per heavy atom. The minimum atomic E-state index is -0.170. The third kappa shape index (κ3) is 3.67. The van der Waals surface area contributed by atoms with E-state index < -0.39 is 0 Å². The summed E-state index contributed by atoms with van der Waals surface area (Å²) in [7, 11) is 0. The lowest BCUT2D eigenvalue weighted by atomic mass is 9.94. The van der Waals surface area contributed by atoms with Gasteiger partial charge in [0, 0.05) is 24.5 Å². The fourth-order valence-corrected chi connectivity index (χ4v) is 4.75. The first-order chi connectivity index (χ1) is 14.2. The van der Waals surface area contributed by atoms with Crippen molar-refractivity contribution >= 4 is 16.8 Å². The molecule has 1 saturated carbocycles. The standard InChI is InChI=1S/C22H28N6O/c1-15-7-8-20-19(11-15)21(25-24-20)22(29)23-13-16-12-18-14-27(9-10-28(18)26-16)17-5-3-2-4-6-17/h7-8,11-12,17H,2-6,9-10,13-14H2,1H3,(H,23,29)(H,24,25). The van der Waals surface area contributed by atoms with Gasteiger partial charge in [0.15, 0.2) is 5.69 Å². The lowest BCUT2D eigenvalue weighted by Gasteiger charge is -2.36. The van der Waals surface area contributed by atoms with Crippen LogP contribution in [-0.4, -0.2) is 43.4 Å². The predicted octanol–water partition coefficient (Wildman–Crippen LogP) is 3.15. The molecule has 0 atom stereocenters. The molecule has 152 valence electrons. The summed E-state index contributed by atoms with van der Waals surface area (Å²) < 4.78 is 2.11. The minimum absolute atomic E-state index is 0.170. The molecule has 3 heterocycles. The van der Waals surface area contributed by atoms with E-state index in [1.165, 1.54) is 37.8 Å². The number of benzene rings is 1. The van der Waals surface area contributed by atoms with Gasteiger partial charge < -0.3 is 5.32 Å². The van der Waals surface area contributed by atoms with Gasteiger partial charge in [0.2, 0.25) is 0 Å². The van der Waals surface area contributed by atoms with Gasteiger partial charge in [0.05, 0.1) is 30.0 Å². The van der Waals surface area contributed by atoms with E-state index in [0.29, 0.717) is 12.2 Å². The minimum Gasteiger partial charge on any atom is -0.345 e. The van der Waals surface area contributed by atoms with Gasteiger partial charge >= 0.3 is 0 Å². The van der Waals surface area contributed by atoms with Crippen LogP contribution in [0.1, 0.15) is 59.5 Å². The third-order valence-corrected chi connectivity index (χ3v) is 6.33. The zero-order valence-electron chi connectivity index (χ0n) is 16.9. The van der Waals surface area contributed by atoms with Crippen molar-refractivity contribution in [3.8, 4) is 0 Å². The summed E-state index contributed by atoms with van der Waals surface area (Å²) in [6, 6.07) is 8.82. The molecule has 1 aliphatic heterocycles. The number of aryl methyl sites for hydroxylation is 1. The highest BCUT2D eigenvalue weighted by atomic mass is 16.1. The van der Waals surface area contributed by atoms with Crippen LogP contribution in [0.5, 0.6) is 0 Å². The number of H-pyrrole nitrogens is 1. The number of fused-ring (bicyclic) bond motifs is 2. The van der Waals surface area contributed by atoms with Gasteiger partial charge in [-0.2, -0.15) is 10.2 Å². The maximum absolute atomic E-state index is 12.7. The molecule has 29 heavy (non-hydrogen) atoms. The molecular formula is C22H28N6O. The van der Waals surface area contributed by atoms with Crippen molar-refractivity contribution in [1.29, 1.82) is 0 Å². The lowest BCUT2D eigenvalue weighted by Crippen LogP contribution is -2.42. The summed E-state index contributed by atoms with van der Waals surface area (Å²) in [4.78, 5) is 15.3. The van der Waals surface area contributed by atoms with Crippen molar-refractivity contribution in [3.05, 3.63) is 46.9 Å². The zero-order chi connectivity index (χ0) is 19.8. The van der Waals surface area contributed by atoms with Crippen LogP contribution in [0.15, 0.2) is 24.3 Å². The van der Waals surface area contributed by atoms with Gasteiger partial charge in [0.25, 0.3) is 5.91 Å². The molecule has 1 aromatic carbocycles. The van der Waals surface area contributed by atoms with Gasteiger partial charge in [0.1, 0.15) is 0 Å². The van der Waals surface area contributed by atoms with E-state index in [1.54, 1.807) is 0 Å². The van der Waals surface area contributed by atoms with Crippen molar-refractivity contribution in [2.45, 2.75) is 64.7 Å². The van der Waals surface area contributed by atoms with Crippen LogP contribution in [0.25, 0.3) is 10.9 Å². The number of aromatic amines is 1. The molecule has 7 heteroatoms. The molecule has 0 radical (unpaired) electrons. The Kier molecular flexibility index (Phi) is 4.83. The maximum Gasteiger partial charge on any atom is 0.272 e. The SMILES string of the molecule is Cc1ccc2[nH]nc(C(=O)NCc3cc4n(n3)CCN(C3CCCCC3)C4)c2c1. The first-order valence-corrected chi connectivity index (χ1v) is 10.7. The number of carbonyl (C=O) groups excluding carboxylic acids is 1. The van der Waals surface area contributed by atoms with Crippen LogP contribution in [0.3, 0.4) is 0 Å². The molecular weight excluding hydrogens is 364 g/mol. The number of carbonyl (C=O) groups is 1. The molecule has 2 aromatic heterocycles. The molecule has 0 saturated heterocycles. The number of hydrogen-bond acceptors (Lipinski definition) is 4. The number of nitrogens with one attached hydrogen (secondary N) is 2. The monoisotopic (exact) mass is 392 g/mol. The van der Waals surface area contributed by atoms with Gasteiger partial charge in [-0.3, -0.25) is 19.5 Å². The average molecular weight is 393 g/mol. The Morgan fingerprint density at radius 1 is 1.21 bits per heavy atom. The quantitative estimate of drug-likeness (QED) is 0.715. The Morgan fingerprint density at radius 2 is 2.07 bits per heavy atom. The van der Waals surface area contributed by atoms with Crippen LogP contribution in [-0.2, 0) is 19.6 Å². The lowest BCUT2D eigenvalue weighted by molar-refractivity contribution is 0.0947. The number of nitrogens with zero attached hydrogens (tertiary/aromatic N) is 4. The number of aromatic nitrogens is 4. The number of rotatable bonds is 4. The highest BCUT2D eigenvalue weighted by molar-refractivity contribution is 6.04. The van der Waals surface area contributed by atoms with E-state index in [0.717, 1.165) is 47.8 Å². The normalized spacial score (nSPS) is 18.1. The number of amides is 1. The fourth-order valence-electron chi connectivity index (χ4n) is 4.75. The van der Waals surface area contributed by atoms with Gasteiger partial charge in [-0.25, -0.2) is 0 Å². The van der Waals surface area contributed by atoms with E-state index in [1.807, 2.05) is 25.1 Å². The van der Waals surface area contributed by atoms with Gasteiger partial charge in [-0.05, 0) is 38.0 Å². The molecule has 2 aliphatic rings. The Hall–Kier alpha value is -2.67. The Bertz CT molecular complexity index is 1030. The molecule has 0 bridgehead atoms. The van der Waals surface area contributed by atoms with Crippen molar-refractivity contribution in [2.75, 3.05) is 6.54 Å². The first kappa shape index (κ1) is 18.4. The molecule has 0 spiro atoms. The second-order valence-electron chi connectivity index (χ2n) is 8.42. The highest BCUT2D eigenvalue weighted by Crippen LogP contribution is 2.26. The second-order valence-corrected chi connectivity index (χ2v) is 8.42. The average Bonchev–Trinajstić information content (AvgIpc) is 3.35. The summed E-state index contributed by atoms with van der Waals surface area (Å²) in [5.41, 5.74) is 4.59. The van der Waals surface area contributed by atoms with E-state index >= 15 is 0 Å².